The van der Waals surface area contributed by atoms with Gasteiger partial charge in [-0.05, 0) is 48.4 Å². The van der Waals surface area contributed by atoms with Crippen molar-refractivity contribution in [2.75, 3.05) is 7.11 Å². The number of hydrogen-bond donors (Lipinski definition) is 1. The molecule has 0 atom stereocenters. The molecule has 3 aromatic rings. The Balaban J connectivity index is 1.87. The molecule has 0 spiro atoms. The van der Waals surface area contributed by atoms with E-state index in [9.17, 15) is 14.0 Å². The van der Waals surface area contributed by atoms with E-state index in [1.165, 1.54) is 36.0 Å². The molecular weight excluding hydrogens is 379 g/mol. The van der Waals surface area contributed by atoms with Gasteiger partial charge in [0.2, 0.25) is 5.78 Å². The number of carbonyl (C=O) groups excluding carboxylic acids is 1. The number of aromatic amines is 1. The highest BCUT2D eigenvalue weighted by Crippen LogP contribution is 2.22. The Labute approximate surface area is 166 Å². The molecule has 0 fully saturated rings. The number of carbonyl (C=O) groups is 1. The Morgan fingerprint density at radius 2 is 1.82 bits per heavy atom. The van der Waals surface area contributed by atoms with Crippen LogP contribution in [0.4, 0.5) is 4.39 Å². The van der Waals surface area contributed by atoms with Crippen LogP contribution in [0.25, 0.3) is 0 Å². The van der Waals surface area contributed by atoms with Crippen LogP contribution in [0.5, 0.6) is 5.75 Å². The molecule has 144 valence electrons. The van der Waals surface area contributed by atoms with Crippen LogP contribution >= 0.6 is 11.8 Å². The lowest BCUT2D eigenvalue weighted by atomic mass is 10.0. The van der Waals surface area contributed by atoms with Crippen molar-refractivity contribution in [3.8, 4) is 5.75 Å². The van der Waals surface area contributed by atoms with Crippen molar-refractivity contribution in [1.82, 2.24) is 9.97 Å². The Kier molecular flexibility index (Phi) is 6.26. The van der Waals surface area contributed by atoms with Gasteiger partial charge in [0, 0.05) is 16.9 Å². The standard InChI is InChI=1S/C21H19FN2O3S/c1-3-17-18(19(25)14-6-8-15(22)9-7-14)23-21(24-20(17)26)28-12-13-4-10-16(27-2)11-5-13/h4-11H,3,12H2,1-2H3,(H,23,24,26). The number of rotatable bonds is 7. The summed E-state index contributed by atoms with van der Waals surface area (Å²) in [6.45, 7) is 1.79. The van der Waals surface area contributed by atoms with Gasteiger partial charge in [0.25, 0.3) is 5.56 Å². The van der Waals surface area contributed by atoms with Crippen molar-refractivity contribution in [3.63, 3.8) is 0 Å². The Bertz CT molecular complexity index is 1030. The van der Waals surface area contributed by atoms with Crippen molar-refractivity contribution >= 4 is 17.5 Å². The van der Waals surface area contributed by atoms with Gasteiger partial charge in [-0.3, -0.25) is 9.59 Å². The fourth-order valence-electron chi connectivity index (χ4n) is 2.67. The Hall–Kier alpha value is -2.93. The second-order valence-corrected chi connectivity index (χ2v) is 6.99. The first-order valence-corrected chi connectivity index (χ1v) is 9.69. The summed E-state index contributed by atoms with van der Waals surface area (Å²) in [5, 5.41) is 0.364. The number of hydrogen-bond acceptors (Lipinski definition) is 5. The van der Waals surface area contributed by atoms with Crippen molar-refractivity contribution < 1.29 is 13.9 Å². The quantitative estimate of drug-likeness (QED) is 0.370. The Morgan fingerprint density at radius 3 is 2.43 bits per heavy atom. The van der Waals surface area contributed by atoms with Crippen LogP contribution in [0.15, 0.2) is 58.5 Å². The zero-order valence-corrected chi connectivity index (χ0v) is 16.3. The van der Waals surface area contributed by atoms with Gasteiger partial charge < -0.3 is 9.72 Å². The monoisotopic (exact) mass is 398 g/mol. The third-order valence-electron chi connectivity index (χ3n) is 4.20. The molecule has 0 unspecified atom stereocenters. The first-order chi connectivity index (χ1) is 13.5. The third-order valence-corrected chi connectivity index (χ3v) is 5.15. The highest BCUT2D eigenvalue weighted by molar-refractivity contribution is 7.98. The lowest BCUT2D eigenvalue weighted by Gasteiger charge is -2.09. The predicted octanol–water partition coefficient (Wildman–Crippen LogP) is 4.00. The largest absolute Gasteiger partial charge is 0.497 e. The molecule has 0 saturated carbocycles. The molecule has 0 amide bonds. The van der Waals surface area contributed by atoms with Gasteiger partial charge in [-0.2, -0.15) is 0 Å². The maximum absolute atomic E-state index is 13.1. The molecule has 0 aliphatic carbocycles. The lowest BCUT2D eigenvalue weighted by molar-refractivity contribution is 0.103. The van der Waals surface area contributed by atoms with Crippen LogP contribution in [0.3, 0.4) is 0 Å². The molecule has 5 nitrogen and oxygen atoms in total. The number of nitrogens with one attached hydrogen (secondary N) is 1. The molecule has 1 N–H and O–H groups in total. The van der Waals surface area contributed by atoms with E-state index in [-0.39, 0.29) is 11.3 Å². The minimum atomic E-state index is -0.429. The minimum Gasteiger partial charge on any atom is -0.497 e. The van der Waals surface area contributed by atoms with Crippen molar-refractivity contribution in [1.29, 1.82) is 0 Å². The SMILES string of the molecule is CCc1c(C(=O)c2ccc(F)cc2)nc(SCc2ccc(OC)cc2)[nH]c1=O. The fraction of sp³-hybridized carbons (Fsp3) is 0.190. The third kappa shape index (κ3) is 4.48. The first-order valence-electron chi connectivity index (χ1n) is 8.71. The maximum atomic E-state index is 13.1. The summed E-state index contributed by atoms with van der Waals surface area (Å²) in [4.78, 5) is 32.4. The predicted molar refractivity (Wildman–Crippen MR) is 107 cm³/mol. The summed E-state index contributed by atoms with van der Waals surface area (Å²) in [5.41, 5.74) is 1.41. The highest BCUT2D eigenvalue weighted by Gasteiger charge is 2.19. The average molecular weight is 398 g/mol. The molecule has 0 saturated heterocycles. The number of halogens is 1. The van der Waals surface area contributed by atoms with E-state index in [4.69, 9.17) is 4.74 Å². The second kappa shape index (κ2) is 8.84. The number of benzene rings is 2. The summed E-state index contributed by atoms with van der Waals surface area (Å²) in [7, 11) is 1.60. The summed E-state index contributed by atoms with van der Waals surface area (Å²) < 4.78 is 18.3. The minimum absolute atomic E-state index is 0.107. The van der Waals surface area contributed by atoms with Crippen LogP contribution < -0.4 is 10.3 Å². The molecule has 0 aliphatic heterocycles. The molecule has 7 heteroatoms. The summed E-state index contributed by atoms with van der Waals surface area (Å²) in [5.74, 6) is 0.513. The summed E-state index contributed by atoms with van der Waals surface area (Å²) in [6, 6.07) is 12.8. The van der Waals surface area contributed by atoms with Gasteiger partial charge in [0.05, 0.1) is 7.11 Å². The number of ether oxygens (including phenoxy) is 1. The average Bonchev–Trinajstić information content (AvgIpc) is 2.72. The smallest absolute Gasteiger partial charge is 0.255 e. The molecule has 1 aromatic heterocycles. The van der Waals surface area contributed by atoms with Crippen molar-refractivity contribution in [2.24, 2.45) is 0 Å². The number of H-pyrrole nitrogens is 1. The van der Waals surface area contributed by atoms with E-state index in [0.29, 0.717) is 28.5 Å². The van der Waals surface area contributed by atoms with Crippen LogP contribution in [-0.4, -0.2) is 22.9 Å². The van der Waals surface area contributed by atoms with E-state index < -0.39 is 11.6 Å². The van der Waals surface area contributed by atoms with Crippen LogP contribution in [-0.2, 0) is 12.2 Å². The molecule has 1 heterocycles. The van der Waals surface area contributed by atoms with Crippen LogP contribution in [0.2, 0.25) is 0 Å². The topological polar surface area (TPSA) is 72.0 Å². The molecule has 0 radical (unpaired) electrons. The number of thioether (sulfide) groups is 1. The normalized spacial score (nSPS) is 10.7. The highest BCUT2D eigenvalue weighted by atomic mass is 32.2. The van der Waals surface area contributed by atoms with Crippen molar-refractivity contribution in [2.45, 2.75) is 24.3 Å². The van der Waals surface area contributed by atoms with Gasteiger partial charge in [-0.25, -0.2) is 9.37 Å². The number of aromatic nitrogens is 2. The number of methoxy groups -OCH3 is 1. The van der Waals surface area contributed by atoms with E-state index in [2.05, 4.69) is 9.97 Å². The molecule has 0 aliphatic rings. The molecule has 3 rings (SSSR count). The first kappa shape index (κ1) is 19.8. The summed E-state index contributed by atoms with van der Waals surface area (Å²) in [6.07, 6.45) is 0.369. The van der Waals surface area contributed by atoms with Gasteiger partial charge >= 0.3 is 0 Å². The molecular formula is C21H19FN2O3S. The maximum Gasteiger partial charge on any atom is 0.255 e. The van der Waals surface area contributed by atoms with Gasteiger partial charge in [-0.15, -0.1) is 0 Å². The summed E-state index contributed by atoms with van der Waals surface area (Å²) >= 11 is 1.33. The number of ketones is 1. The van der Waals surface area contributed by atoms with E-state index in [0.717, 1.165) is 11.3 Å². The van der Waals surface area contributed by atoms with E-state index >= 15 is 0 Å². The zero-order valence-electron chi connectivity index (χ0n) is 15.5. The van der Waals surface area contributed by atoms with E-state index in [1.807, 2.05) is 24.3 Å². The molecule has 0 bridgehead atoms. The van der Waals surface area contributed by atoms with Gasteiger partial charge in [0.15, 0.2) is 5.16 Å². The van der Waals surface area contributed by atoms with Gasteiger partial charge in [-0.1, -0.05) is 30.8 Å². The second-order valence-electron chi connectivity index (χ2n) is 6.02. The molecule has 28 heavy (non-hydrogen) atoms. The molecule has 2 aromatic carbocycles. The van der Waals surface area contributed by atoms with E-state index in [1.54, 1.807) is 14.0 Å². The van der Waals surface area contributed by atoms with Crippen LogP contribution in [0, 0.1) is 5.82 Å². The van der Waals surface area contributed by atoms with Crippen molar-refractivity contribution in [3.05, 3.63) is 87.1 Å². The Morgan fingerprint density at radius 1 is 1.14 bits per heavy atom. The van der Waals surface area contributed by atoms with Gasteiger partial charge in [0.1, 0.15) is 17.3 Å². The van der Waals surface area contributed by atoms with Crippen LogP contribution in [0.1, 0.15) is 34.1 Å². The lowest BCUT2D eigenvalue weighted by Crippen LogP contribution is -2.21. The number of nitrogens with zero attached hydrogens (tertiary/aromatic N) is 1. The fourth-order valence-corrected chi connectivity index (χ4v) is 3.49. The zero-order chi connectivity index (χ0) is 20.1.